The first kappa shape index (κ1) is 40.5. The van der Waals surface area contributed by atoms with E-state index < -0.39 is 52.7 Å². The van der Waals surface area contributed by atoms with Crippen LogP contribution >= 0.6 is 11.6 Å². The molecule has 0 aromatic heterocycles. The number of esters is 1. The summed E-state index contributed by atoms with van der Waals surface area (Å²) in [5, 5.41) is 20.9. The van der Waals surface area contributed by atoms with Gasteiger partial charge >= 0.3 is 11.9 Å². The second-order valence-electron chi connectivity index (χ2n) is 14.2. The number of carboxylic acid groups (broad SMARTS) is 1. The second kappa shape index (κ2) is 18.5. The van der Waals surface area contributed by atoms with Gasteiger partial charge in [-0.05, 0) is 67.0 Å². The lowest BCUT2D eigenvalue weighted by molar-refractivity contribution is -0.146. The molecule has 0 radical (unpaired) electrons. The molecule has 13 heteroatoms. The average Bonchev–Trinajstić information content (AvgIpc) is 3.56. The molecule has 2 atom stereocenters. The van der Waals surface area contributed by atoms with Gasteiger partial charge in [-0.15, -0.1) is 0 Å². The number of rotatable bonds is 17. The van der Waals surface area contributed by atoms with Crippen molar-refractivity contribution in [3.63, 3.8) is 0 Å². The van der Waals surface area contributed by atoms with Crippen LogP contribution in [0.1, 0.15) is 69.1 Å². The van der Waals surface area contributed by atoms with E-state index in [2.05, 4.69) is 21.3 Å². The van der Waals surface area contributed by atoms with Crippen LogP contribution in [0.2, 0.25) is 5.02 Å². The number of amides is 4. The highest BCUT2D eigenvalue weighted by Gasteiger charge is 2.40. The predicted molar refractivity (Wildman–Crippen MR) is 200 cm³/mol. The molecule has 0 saturated heterocycles. The Hall–Kier alpha value is -5.23. The number of anilines is 1. The maximum Gasteiger partial charge on any atom is 0.328 e. The van der Waals surface area contributed by atoms with Crippen molar-refractivity contribution in [2.45, 2.75) is 89.3 Å². The molecule has 5 N–H and O–H groups in total. The Morgan fingerprint density at radius 2 is 1.38 bits per heavy atom. The lowest BCUT2D eigenvalue weighted by Gasteiger charge is -2.30. The van der Waals surface area contributed by atoms with Gasteiger partial charge in [0.15, 0.2) is 0 Å². The fourth-order valence-corrected chi connectivity index (χ4v) is 6.77. The zero-order chi connectivity index (χ0) is 38.6. The number of ether oxygens (including phenoxy) is 1. The van der Waals surface area contributed by atoms with Crippen molar-refractivity contribution in [1.29, 1.82) is 0 Å². The molecule has 1 saturated carbocycles. The highest BCUT2D eigenvalue weighted by atomic mass is 35.5. The van der Waals surface area contributed by atoms with Crippen LogP contribution in [0.15, 0.2) is 78.9 Å². The number of carboxylic acids is 1. The first-order valence-corrected chi connectivity index (χ1v) is 17.9. The number of halogens is 1. The van der Waals surface area contributed by atoms with Crippen LogP contribution < -0.4 is 21.3 Å². The first-order chi connectivity index (χ1) is 25.2. The third-order valence-electron chi connectivity index (χ3n) is 9.45. The summed E-state index contributed by atoms with van der Waals surface area (Å²) in [7, 11) is 1.23. The van der Waals surface area contributed by atoms with Crippen molar-refractivity contribution in [3.05, 3.63) is 101 Å². The summed E-state index contributed by atoms with van der Waals surface area (Å²) in [6.45, 7) is 2.80. The molecule has 0 spiro atoms. The normalized spacial score (nSPS) is 14.6. The van der Waals surface area contributed by atoms with Crippen LogP contribution in [0.3, 0.4) is 0 Å². The van der Waals surface area contributed by atoms with Crippen molar-refractivity contribution in [3.8, 4) is 0 Å². The van der Waals surface area contributed by atoms with E-state index in [0.29, 0.717) is 34.7 Å². The average molecular weight is 747 g/mol. The first-order valence-electron chi connectivity index (χ1n) is 17.6. The van der Waals surface area contributed by atoms with Crippen LogP contribution in [-0.2, 0) is 52.8 Å². The highest BCUT2D eigenvalue weighted by molar-refractivity contribution is 6.31. The molecule has 1 fully saturated rings. The number of aliphatic carboxylic acids is 1. The quantitative estimate of drug-likeness (QED) is 0.123. The molecule has 1 aliphatic carbocycles. The lowest BCUT2D eigenvalue weighted by atomic mass is 9.78. The SMILES string of the molecule is COC(=O)[C@@H](Cc1ccc(NC(=O)[C@H](Cc2ccccc2Cl)NC(=O)Cc2ccccc2)cc1)NC(=O)CC1(CC(=O)NC(C)(C)C(=O)O)CCCC1. The molecule has 0 heterocycles. The number of carbonyl (C=O) groups excluding carboxylic acids is 5. The maximum absolute atomic E-state index is 13.5. The highest BCUT2D eigenvalue weighted by Crippen LogP contribution is 2.44. The van der Waals surface area contributed by atoms with Crippen molar-refractivity contribution in [1.82, 2.24) is 16.0 Å². The molecule has 4 rings (SSSR count). The van der Waals surface area contributed by atoms with Gasteiger partial charge in [0.1, 0.15) is 17.6 Å². The second-order valence-corrected chi connectivity index (χ2v) is 14.6. The van der Waals surface area contributed by atoms with Crippen LogP contribution in [0.5, 0.6) is 0 Å². The van der Waals surface area contributed by atoms with Crippen LogP contribution in [0.25, 0.3) is 0 Å². The molecule has 4 amide bonds. The number of hydrogen-bond acceptors (Lipinski definition) is 7. The van der Waals surface area contributed by atoms with Gasteiger partial charge in [-0.2, -0.15) is 0 Å². The van der Waals surface area contributed by atoms with Crippen molar-refractivity contribution in [2.75, 3.05) is 12.4 Å². The van der Waals surface area contributed by atoms with Gasteiger partial charge in [0, 0.05) is 36.4 Å². The molecule has 12 nitrogen and oxygen atoms in total. The summed E-state index contributed by atoms with van der Waals surface area (Å²) < 4.78 is 4.98. The number of nitrogens with one attached hydrogen (secondary N) is 4. The van der Waals surface area contributed by atoms with Gasteiger partial charge in [0.25, 0.3) is 0 Å². The number of hydrogen-bond donors (Lipinski definition) is 5. The molecule has 3 aromatic rings. The Morgan fingerprint density at radius 3 is 2.00 bits per heavy atom. The molecular formula is C40H47ClN4O8. The Labute approximate surface area is 314 Å². The minimum absolute atomic E-state index is 0.0103. The third kappa shape index (κ3) is 12.2. The predicted octanol–water partition coefficient (Wildman–Crippen LogP) is 4.77. The Kier molecular flexibility index (Phi) is 14.2. The van der Waals surface area contributed by atoms with E-state index in [1.54, 1.807) is 42.5 Å². The topological polar surface area (TPSA) is 180 Å². The third-order valence-corrected chi connectivity index (χ3v) is 9.81. The van der Waals surface area contributed by atoms with E-state index in [1.165, 1.54) is 21.0 Å². The van der Waals surface area contributed by atoms with E-state index >= 15 is 0 Å². The van der Waals surface area contributed by atoms with Crippen LogP contribution in [-0.4, -0.2) is 65.4 Å². The standard InChI is InChI=1S/C40H47ClN4O8/c1-39(2,38(51)52)45-35(48)25-40(19-9-10-20-40)24-34(47)44-32(37(50)53-3)21-27-15-17-29(18-16-27)42-36(49)31(23-28-13-7-8-14-30(28)41)43-33(46)22-26-11-5-4-6-12-26/h4-8,11-18,31-32H,9-10,19-25H2,1-3H3,(H,42,49)(H,43,46)(H,44,47)(H,45,48)(H,51,52)/t31-,32+/m0/s1. The molecule has 0 unspecified atom stereocenters. The minimum Gasteiger partial charge on any atom is -0.480 e. The van der Waals surface area contributed by atoms with Crippen LogP contribution in [0, 0.1) is 5.41 Å². The van der Waals surface area contributed by atoms with E-state index in [0.717, 1.165) is 18.4 Å². The van der Waals surface area contributed by atoms with Crippen molar-refractivity contribution < 1.29 is 38.6 Å². The number of methoxy groups -OCH3 is 1. The van der Waals surface area contributed by atoms with Gasteiger partial charge in [0.2, 0.25) is 23.6 Å². The fraction of sp³-hybridized carbons (Fsp3) is 0.400. The molecule has 0 aliphatic heterocycles. The van der Waals surface area contributed by atoms with Gasteiger partial charge in [-0.25, -0.2) is 9.59 Å². The Bertz CT molecular complexity index is 1770. The summed E-state index contributed by atoms with van der Waals surface area (Å²) in [6, 6.07) is 21.1. The lowest BCUT2D eigenvalue weighted by Crippen LogP contribution is -2.51. The molecule has 1 aliphatic rings. The number of carbonyl (C=O) groups is 6. The van der Waals surface area contributed by atoms with Crippen LogP contribution in [0.4, 0.5) is 5.69 Å². The van der Waals surface area contributed by atoms with E-state index in [9.17, 15) is 33.9 Å². The smallest absolute Gasteiger partial charge is 0.328 e. The van der Waals surface area contributed by atoms with Gasteiger partial charge in [-0.1, -0.05) is 85.1 Å². The summed E-state index contributed by atoms with van der Waals surface area (Å²) in [5.74, 6) is -3.45. The van der Waals surface area contributed by atoms with Gasteiger partial charge in [0.05, 0.1) is 13.5 Å². The Morgan fingerprint density at radius 1 is 0.774 bits per heavy atom. The minimum atomic E-state index is -1.45. The Balaban J connectivity index is 1.40. The van der Waals surface area contributed by atoms with Gasteiger partial charge in [-0.3, -0.25) is 19.2 Å². The zero-order valence-corrected chi connectivity index (χ0v) is 31.0. The maximum atomic E-state index is 13.5. The van der Waals surface area contributed by atoms with E-state index in [-0.39, 0.29) is 38.0 Å². The molecule has 0 bridgehead atoms. The summed E-state index contributed by atoms with van der Waals surface area (Å²) in [4.78, 5) is 77.0. The zero-order valence-electron chi connectivity index (χ0n) is 30.2. The summed E-state index contributed by atoms with van der Waals surface area (Å²) in [6.07, 6.45) is 3.23. The van der Waals surface area contributed by atoms with Crippen molar-refractivity contribution in [2.24, 2.45) is 5.41 Å². The van der Waals surface area contributed by atoms with E-state index in [4.69, 9.17) is 16.3 Å². The van der Waals surface area contributed by atoms with Gasteiger partial charge < -0.3 is 31.1 Å². The monoisotopic (exact) mass is 746 g/mol. The molecular weight excluding hydrogens is 700 g/mol. The molecule has 282 valence electrons. The molecule has 3 aromatic carbocycles. The number of benzene rings is 3. The van der Waals surface area contributed by atoms with Crippen molar-refractivity contribution >= 4 is 52.9 Å². The summed E-state index contributed by atoms with van der Waals surface area (Å²) in [5.41, 5.74) is 0.518. The summed E-state index contributed by atoms with van der Waals surface area (Å²) >= 11 is 6.38. The molecule has 53 heavy (non-hydrogen) atoms. The van der Waals surface area contributed by atoms with E-state index in [1.807, 2.05) is 36.4 Å². The largest absolute Gasteiger partial charge is 0.480 e. The fourth-order valence-electron chi connectivity index (χ4n) is 6.56.